The van der Waals surface area contributed by atoms with Crippen LogP contribution in [0.4, 0.5) is 5.69 Å². The molecule has 1 N–H and O–H groups in total. The second-order valence-corrected chi connectivity index (χ2v) is 6.79. The summed E-state index contributed by atoms with van der Waals surface area (Å²) in [7, 11) is 0. The molecule has 0 aromatic heterocycles. The van der Waals surface area contributed by atoms with E-state index >= 15 is 0 Å². The minimum Gasteiger partial charge on any atom is -0.452 e. The van der Waals surface area contributed by atoms with Crippen molar-refractivity contribution in [3.8, 4) is 0 Å². The number of nitrogens with one attached hydrogen (secondary N) is 1. The molecular formula is C21H24N2O4S. The summed E-state index contributed by atoms with van der Waals surface area (Å²) in [6.45, 7) is 4.74. The zero-order valence-electron chi connectivity index (χ0n) is 16.2. The van der Waals surface area contributed by atoms with Gasteiger partial charge >= 0.3 is 5.97 Å². The number of anilines is 1. The van der Waals surface area contributed by atoms with E-state index in [1.165, 1.54) is 0 Å². The molecule has 0 bridgehead atoms. The molecule has 2 aromatic rings. The lowest BCUT2D eigenvalue weighted by Crippen LogP contribution is -2.30. The fourth-order valence-corrected chi connectivity index (χ4v) is 2.94. The highest BCUT2D eigenvalue weighted by Gasteiger charge is 2.13. The molecule has 28 heavy (non-hydrogen) atoms. The first kappa shape index (κ1) is 21.5. The molecule has 0 atom stereocenters. The average molecular weight is 401 g/mol. The van der Waals surface area contributed by atoms with E-state index in [1.54, 1.807) is 53.1 Å². The first-order chi connectivity index (χ1) is 13.5. The molecule has 0 aliphatic carbocycles. The Hall–Kier alpha value is -2.80. The first-order valence-electron chi connectivity index (χ1n) is 8.98. The third kappa shape index (κ3) is 5.85. The molecule has 6 nitrogen and oxygen atoms in total. The van der Waals surface area contributed by atoms with Crippen LogP contribution in [0.1, 0.15) is 34.6 Å². The van der Waals surface area contributed by atoms with Crippen molar-refractivity contribution in [1.29, 1.82) is 0 Å². The number of hydrogen-bond donors (Lipinski definition) is 1. The minimum absolute atomic E-state index is 0.0516. The lowest BCUT2D eigenvalue weighted by atomic mass is 10.2. The maximum atomic E-state index is 12.3. The Labute approximate surface area is 169 Å². The van der Waals surface area contributed by atoms with Crippen LogP contribution in [0.5, 0.6) is 0 Å². The van der Waals surface area contributed by atoms with Gasteiger partial charge in [0.05, 0.1) is 5.56 Å². The molecule has 0 unspecified atom stereocenters. The van der Waals surface area contributed by atoms with Crippen molar-refractivity contribution >= 4 is 35.2 Å². The lowest BCUT2D eigenvalue weighted by molar-refractivity contribution is -0.119. The summed E-state index contributed by atoms with van der Waals surface area (Å²) in [6.07, 6.45) is 1.95. The van der Waals surface area contributed by atoms with Gasteiger partial charge in [-0.2, -0.15) is 0 Å². The van der Waals surface area contributed by atoms with Crippen LogP contribution in [-0.2, 0) is 9.53 Å². The Kier molecular flexibility index (Phi) is 8.07. The van der Waals surface area contributed by atoms with E-state index in [9.17, 15) is 14.4 Å². The highest BCUT2D eigenvalue weighted by Crippen LogP contribution is 2.15. The van der Waals surface area contributed by atoms with Crippen LogP contribution >= 0.6 is 11.8 Å². The molecule has 0 fully saturated rings. The van der Waals surface area contributed by atoms with Crippen molar-refractivity contribution in [3.63, 3.8) is 0 Å². The van der Waals surface area contributed by atoms with Gasteiger partial charge in [0.15, 0.2) is 6.61 Å². The molecule has 2 rings (SSSR count). The number of esters is 1. The molecule has 0 aliphatic rings. The molecule has 0 saturated carbocycles. The number of benzene rings is 2. The molecular weight excluding hydrogens is 376 g/mol. The smallest absolute Gasteiger partial charge is 0.338 e. The topological polar surface area (TPSA) is 75.7 Å². The molecule has 0 saturated heterocycles. The van der Waals surface area contributed by atoms with Crippen molar-refractivity contribution in [2.75, 3.05) is 31.3 Å². The molecule has 0 radical (unpaired) electrons. The lowest BCUT2D eigenvalue weighted by Gasteiger charge is -2.18. The van der Waals surface area contributed by atoms with Crippen molar-refractivity contribution in [3.05, 3.63) is 59.7 Å². The van der Waals surface area contributed by atoms with E-state index < -0.39 is 11.9 Å². The van der Waals surface area contributed by atoms with E-state index in [0.29, 0.717) is 29.9 Å². The number of amides is 2. The Morgan fingerprint density at radius 3 is 2.04 bits per heavy atom. The summed E-state index contributed by atoms with van der Waals surface area (Å²) in [4.78, 5) is 39.0. The number of carbonyl (C=O) groups is 3. The molecule has 148 valence electrons. The van der Waals surface area contributed by atoms with Gasteiger partial charge in [0.1, 0.15) is 0 Å². The van der Waals surface area contributed by atoms with Crippen molar-refractivity contribution in [1.82, 2.24) is 4.90 Å². The third-order valence-electron chi connectivity index (χ3n) is 4.13. The maximum absolute atomic E-state index is 12.3. The molecule has 0 heterocycles. The van der Waals surface area contributed by atoms with Crippen LogP contribution in [-0.4, -0.2) is 48.6 Å². The predicted molar refractivity (Wildman–Crippen MR) is 111 cm³/mol. The summed E-state index contributed by atoms with van der Waals surface area (Å²) in [5.41, 5.74) is 1.48. The Morgan fingerprint density at radius 2 is 1.50 bits per heavy atom. The monoisotopic (exact) mass is 400 g/mol. The van der Waals surface area contributed by atoms with E-state index in [-0.39, 0.29) is 12.5 Å². The SMILES string of the molecule is CCN(CC)C(=O)c1ccc(NC(=O)COC(=O)c2ccc(SC)cc2)cc1. The quantitative estimate of drug-likeness (QED) is 0.540. The Bertz CT molecular complexity index is 815. The van der Waals surface area contributed by atoms with Gasteiger partial charge in [0.25, 0.3) is 11.8 Å². The number of ether oxygens (including phenoxy) is 1. The molecule has 0 aliphatic heterocycles. The zero-order chi connectivity index (χ0) is 20.5. The van der Waals surface area contributed by atoms with Crippen LogP contribution in [0, 0.1) is 0 Å². The van der Waals surface area contributed by atoms with E-state index in [1.807, 2.05) is 32.2 Å². The minimum atomic E-state index is -0.553. The molecule has 7 heteroatoms. The van der Waals surface area contributed by atoms with Crippen LogP contribution < -0.4 is 5.32 Å². The van der Waals surface area contributed by atoms with Gasteiger partial charge in [-0.15, -0.1) is 11.8 Å². The van der Waals surface area contributed by atoms with Gasteiger partial charge in [0.2, 0.25) is 0 Å². The highest BCUT2D eigenvalue weighted by atomic mass is 32.2. The second kappa shape index (κ2) is 10.5. The van der Waals surface area contributed by atoms with Crippen LogP contribution in [0.25, 0.3) is 0 Å². The van der Waals surface area contributed by atoms with E-state index in [0.717, 1.165) is 4.90 Å². The summed E-state index contributed by atoms with van der Waals surface area (Å²) >= 11 is 1.58. The largest absolute Gasteiger partial charge is 0.452 e. The number of hydrogen-bond acceptors (Lipinski definition) is 5. The van der Waals surface area contributed by atoms with Crippen LogP contribution in [0.3, 0.4) is 0 Å². The maximum Gasteiger partial charge on any atom is 0.338 e. The third-order valence-corrected chi connectivity index (χ3v) is 4.87. The van der Waals surface area contributed by atoms with Gasteiger partial charge in [-0.1, -0.05) is 0 Å². The first-order valence-corrected chi connectivity index (χ1v) is 10.2. The van der Waals surface area contributed by atoms with E-state index in [4.69, 9.17) is 4.74 Å². The molecule has 0 spiro atoms. The average Bonchev–Trinajstić information content (AvgIpc) is 2.73. The summed E-state index contributed by atoms with van der Waals surface area (Å²) < 4.78 is 5.04. The van der Waals surface area contributed by atoms with Gasteiger partial charge in [-0.25, -0.2) is 4.79 Å². The van der Waals surface area contributed by atoms with Crippen molar-refractivity contribution in [2.24, 2.45) is 0 Å². The number of rotatable bonds is 8. The summed E-state index contributed by atoms with van der Waals surface area (Å²) in [6, 6.07) is 13.6. The van der Waals surface area contributed by atoms with Crippen molar-refractivity contribution < 1.29 is 19.1 Å². The normalized spacial score (nSPS) is 10.2. The standard InChI is InChI=1S/C21H24N2O4S/c1-4-23(5-2)20(25)15-6-10-17(11-7-15)22-19(24)14-27-21(26)16-8-12-18(28-3)13-9-16/h6-13H,4-5,14H2,1-3H3,(H,22,24). The van der Waals surface area contributed by atoms with Crippen LogP contribution in [0.15, 0.2) is 53.4 Å². The summed E-state index contributed by atoms with van der Waals surface area (Å²) in [5.74, 6) is -1.05. The number of nitrogens with zero attached hydrogens (tertiary/aromatic N) is 1. The van der Waals surface area contributed by atoms with Gasteiger partial charge in [-0.3, -0.25) is 9.59 Å². The van der Waals surface area contributed by atoms with Gasteiger partial charge < -0.3 is 15.0 Å². The zero-order valence-corrected chi connectivity index (χ0v) is 17.0. The van der Waals surface area contributed by atoms with Crippen LogP contribution in [0.2, 0.25) is 0 Å². The molecule has 2 aromatic carbocycles. The fraction of sp³-hybridized carbons (Fsp3) is 0.286. The predicted octanol–water partition coefficient (Wildman–Crippen LogP) is 3.69. The Morgan fingerprint density at radius 1 is 0.929 bits per heavy atom. The van der Waals surface area contributed by atoms with Gasteiger partial charge in [-0.05, 0) is 68.6 Å². The van der Waals surface area contributed by atoms with E-state index in [2.05, 4.69) is 5.32 Å². The summed E-state index contributed by atoms with van der Waals surface area (Å²) in [5, 5.41) is 2.65. The van der Waals surface area contributed by atoms with Crippen molar-refractivity contribution in [2.45, 2.75) is 18.7 Å². The fourth-order valence-electron chi connectivity index (χ4n) is 2.53. The molecule has 2 amide bonds. The highest BCUT2D eigenvalue weighted by molar-refractivity contribution is 7.98. The Balaban J connectivity index is 1.87. The van der Waals surface area contributed by atoms with Gasteiger partial charge in [0, 0.05) is 29.2 Å². The number of carbonyl (C=O) groups excluding carboxylic acids is 3. The second-order valence-electron chi connectivity index (χ2n) is 5.91. The number of thioether (sulfide) groups is 1.